The summed E-state index contributed by atoms with van der Waals surface area (Å²) in [5.41, 5.74) is 1.70. The highest BCUT2D eigenvalue weighted by Crippen LogP contribution is 2.33. The molecular formula is C34H39F3N4O6S. The van der Waals surface area contributed by atoms with E-state index in [-0.39, 0.29) is 19.4 Å². The number of piperidine rings is 1. The third kappa shape index (κ3) is 8.53. The Labute approximate surface area is 277 Å². The number of nitrogens with one attached hydrogen (secondary N) is 2. The fourth-order valence-corrected chi connectivity index (χ4v) is 7.58. The highest BCUT2D eigenvalue weighted by Gasteiger charge is 2.40. The van der Waals surface area contributed by atoms with Gasteiger partial charge in [-0.15, -0.1) is 0 Å². The fourth-order valence-electron chi connectivity index (χ4n) is 5.87. The van der Waals surface area contributed by atoms with Crippen LogP contribution in [0.3, 0.4) is 0 Å². The van der Waals surface area contributed by atoms with Crippen LogP contribution in [0.2, 0.25) is 0 Å². The molecule has 5 rings (SSSR count). The molecule has 10 nitrogen and oxygen atoms in total. The van der Waals surface area contributed by atoms with E-state index < -0.39 is 56.7 Å². The number of rotatable bonds is 10. The van der Waals surface area contributed by atoms with Gasteiger partial charge in [-0.25, -0.2) is 8.42 Å². The van der Waals surface area contributed by atoms with E-state index in [0.29, 0.717) is 48.9 Å². The van der Waals surface area contributed by atoms with Gasteiger partial charge in [-0.05, 0) is 73.4 Å². The third-order valence-corrected chi connectivity index (χ3v) is 10.5. The first kappa shape index (κ1) is 35.3. The topological polar surface area (TPSA) is 128 Å². The molecule has 258 valence electrons. The number of carbonyl (C=O) groups is 2. The summed E-state index contributed by atoms with van der Waals surface area (Å²) in [7, 11) is -4.49. The molecular weight excluding hydrogens is 649 g/mol. The number of benzene rings is 3. The molecule has 0 bridgehead atoms. The fraction of sp³-hybridized carbons (Fsp3) is 0.412. The molecule has 14 heteroatoms. The van der Waals surface area contributed by atoms with E-state index in [9.17, 15) is 36.3 Å². The van der Waals surface area contributed by atoms with Crippen LogP contribution in [0.15, 0.2) is 77.7 Å². The molecule has 48 heavy (non-hydrogen) atoms. The minimum absolute atomic E-state index is 0.0522. The molecule has 2 aliphatic heterocycles. The van der Waals surface area contributed by atoms with Crippen LogP contribution < -0.4 is 15.5 Å². The Morgan fingerprint density at radius 3 is 2.31 bits per heavy atom. The SMILES string of the molecule is C[C@H](O)c1ccc(CC(NC(=O)[C@@H]2CCCCN2S(=O)(=O)c2cccc(C(F)(F)F)c2)C(=O)Nc2ccc(N3CCOCC3)cc2)cc1. The minimum Gasteiger partial charge on any atom is -0.389 e. The molecule has 0 radical (unpaired) electrons. The average Bonchev–Trinajstić information content (AvgIpc) is 3.08. The predicted octanol–water partition coefficient (Wildman–Crippen LogP) is 4.50. The highest BCUT2D eigenvalue weighted by molar-refractivity contribution is 7.89. The molecule has 2 aliphatic rings. The van der Waals surface area contributed by atoms with Crippen molar-refractivity contribution in [2.45, 2.75) is 61.9 Å². The van der Waals surface area contributed by atoms with Crippen molar-refractivity contribution in [1.29, 1.82) is 0 Å². The summed E-state index contributed by atoms with van der Waals surface area (Å²) in [4.78, 5) is 29.1. The second-order valence-corrected chi connectivity index (χ2v) is 13.9. The van der Waals surface area contributed by atoms with Crippen molar-refractivity contribution in [1.82, 2.24) is 9.62 Å². The quantitative estimate of drug-likeness (QED) is 0.286. The van der Waals surface area contributed by atoms with Crippen molar-refractivity contribution in [3.63, 3.8) is 0 Å². The van der Waals surface area contributed by atoms with Gasteiger partial charge in [0.2, 0.25) is 21.8 Å². The van der Waals surface area contributed by atoms with Crippen LogP contribution in [0.1, 0.15) is 49.0 Å². The van der Waals surface area contributed by atoms with E-state index in [1.165, 1.54) is 0 Å². The van der Waals surface area contributed by atoms with E-state index in [2.05, 4.69) is 15.5 Å². The predicted molar refractivity (Wildman–Crippen MR) is 174 cm³/mol. The second kappa shape index (κ2) is 15.1. The number of nitrogens with zero attached hydrogens (tertiary/aromatic N) is 2. The minimum atomic E-state index is -4.75. The summed E-state index contributed by atoms with van der Waals surface area (Å²) < 4.78 is 73.8. The lowest BCUT2D eigenvalue weighted by Gasteiger charge is -2.34. The molecule has 0 aliphatic carbocycles. The lowest BCUT2D eigenvalue weighted by atomic mass is 10.00. The maximum atomic E-state index is 13.8. The number of hydrogen-bond donors (Lipinski definition) is 3. The molecule has 1 unspecified atom stereocenters. The van der Waals surface area contributed by atoms with Crippen LogP contribution in [0.5, 0.6) is 0 Å². The summed E-state index contributed by atoms with van der Waals surface area (Å²) >= 11 is 0. The van der Waals surface area contributed by atoms with Crippen LogP contribution in [0, 0.1) is 0 Å². The number of anilines is 2. The Balaban J connectivity index is 1.37. The Bertz CT molecular complexity index is 1680. The zero-order chi connectivity index (χ0) is 34.5. The first-order chi connectivity index (χ1) is 22.8. The monoisotopic (exact) mass is 688 g/mol. The first-order valence-corrected chi connectivity index (χ1v) is 17.3. The van der Waals surface area contributed by atoms with Crippen molar-refractivity contribution >= 4 is 33.2 Å². The number of sulfonamides is 1. The first-order valence-electron chi connectivity index (χ1n) is 15.8. The number of alkyl halides is 3. The third-order valence-electron chi connectivity index (χ3n) is 8.57. The Kier molecular flexibility index (Phi) is 11.1. The molecule has 0 saturated carbocycles. The largest absolute Gasteiger partial charge is 0.416 e. The van der Waals surface area contributed by atoms with E-state index in [0.717, 1.165) is 41.3 Å². The summed E-state index contributed by atoms with van der Waals surface area (Å²) in [6.45, 7) is 4.29. The van der Waals surface area contributed by atoms with Gasteiger partial charge in [0.1, 0.15) is 12.1 Å². The molecule has 3 atom stereocenters. The molecule has 2 saturated heterocycles. The van der Waals surface area contributed by atoms with E-state index in [1.807, 2.05) is 12.1 Å². The van der Waals surface area contributed by atoms with Crippen LogP contribution in [-0.2, 0) is 36.9 Å². The number of aliphatic hydroxyl groups is 1. The number of carbonyl (C=O) groups excluding carboxylic acids is 2. The van der Waals surface area contributed by atoms with Crippen molar-refractivity contribution in [3.05, 3.63) is 89.5 Å². The lowest BCUT2D eigenvalue weighted by Crippen LogP contribution is -2.56. The van der Waals surface area contributed by atoms with Gasteiger partial charge >= 0.3 is 6.18 Å². The molecule has 2 amide bonds. The van der Waals surface area contributed by atoms with Gasteiger partial charge in [0.25, 0.3) is 0 Å². The summed E-state index contributed by atoms with van der Waals surface area (Å²) in [5, 5.41) is 15.5. The van der Waals surface area contributed by atoms with Crippen molar-refractivity contribution in [2.75, 3.05) is 43.1 Å². The number of aliphatic hydroxyl groups excluding tert-OH is 1. The number of amides is 2. The van der Waals surface area contributed by atoms with Crippen LogP contribution in [-0.4, -0.2) is 74.6 Å². The molecule has 3 aromatic rings. The Morgan fingerprint density at radius 2 is 1.67 bits per heavy atom. The van der Waals surface area contributed by atoms with E-state index >= 15 is 0 Å². The van der Waals surface area contributed by atoms with Gasteiger partial charge in [0, 0.05) is 37.4 Å². The average molecular weight is 689 g/mol. The molecule has 2 fully saturated rings. The Hall–Kier alpha value is -3.98. The lowest BCUT2D eigenvalue weighted by molar-refractivity contribution is -0.137. The maximum absolute atomic E-state index is 13.8. The molecule has 0 aromatic heterocycles. The van der Waals surface area contributed by atoms with Crippen molar-refractivity contribution in [3.8, 4) is 0 Å². The van der Waals surface area contributed by atoms with Gasteiger partial charge in [0.15, 0.2) is 0 Å². The second-order valence-electron chi connectivity index (χ2n) is 12.0. The summed E-state index contributed by atoms with van der Waals surface area (Å²) in [6.07, 6.45) is -4.33. The standard InChI is InChI=1S/C34H39F3N4O6S/c1-23(42)25-10-8-24(9-11-25)21-30(32(43)38-27-12-14-28(15-13-27)40-17-19-47-20-18-40)39-33(44)31-7-2-3-16-41(31)48(45,46)29-6-4-5-26(22-29)34(35,36)37/h4-6,8-15,22-23,30-31,42H,2-3,7,16-21H2,1H3,(H,38,43)(H,39,44)/t23-,30?,31-/m0/s1. The zero-order valence-electron chi connectivity index (χ0n) is 26.4. The van der Waals surface area contributed by atoms with Crippen molar-refractivity contribution < 1.29 is 41.0 Å². The number of halogens is 3. The van der Waals surface area contributed by atoms with E-state index in [1.54, 1.807) is 43.3 Å². The van der Waals surface area contributed by atoms with Gasteiger partial charge < -0.3 is 25.4 Å². The molecule has 0 spiro atoms. The van der Waals surface area contributed by atoms with E-state index in [4.69, 9.17) is 4.74 Å². The number of hydrogen-bond acceptors (Lipinski definition) is 7. The number of morpholine rings is 1. The molecule has 2 heterocycles. The summed E-state index contributed by atoms with van der Waals surface area (Å²) in [5.74, 6) is -1.26. The number of ether oxygens (including phenoxy) is 1. The van der Waals surface area contributed by atoms with Gasteiger partial charge in [-0.1, -0.05) is 36.8 Å². The maximum Gasteiger partial charge on any atom is 0.416 e. The Morgan fingerprint density at radius 1 is 0.979 bits per heavy atom. The van der Waals surface area contributed by atoms with Crippen molar-refractivity contribution in [2.24, 2.45) is 0 Å². The van der Waals surface area contributed by atoms with Gasteiger partial charge in [0.05, 0.1) is 29.8 Å². The zero-order valence-corrected chi connectivity index (χ0v) is 27.3. The molecule has 3 N–H and O–H groups in total. The van der Waals surface area contributed by atoms with Gasteiger partial charge in [-0.2, -0.15) is 17.5 Å². The van der Waals surface area contributed by atoms with Crippen LogP contribution in [0.25, 0.3) is 0 Å². The smallest absolute Gasteiger partial charge is 0.389 e. The van der Waals surface area contributed by atoms with Gasteiger partial charge in [-0.3, -0.25) is 9.59 Å². The highest BCUT2D eigenvalue weighted by atomic mass is 32.2. The molecule has 3 aromatic carbocycles. The summed E-state index contributed by atoms with van der Waals surface area (Å²) in [6, 6.07) is 15.2. The normalized spacial score (nSPS) is 18.9. The van der Waals surface area contributed by atoms with Crippen LogP contribution in [0.4, 0.5) is 24.5 Å². The van der Waals surface area contributed by atoms with Crippen LogP contribution >= 0.6 is 0 Å².